The number of aliphatic hydroxyl groups excluding tert-OH is 1. The average molecular weight is 326 g/mol. The number of hydrogen-bond donors (Lipinski definition) is 1. The minimum Gasteiger partial charge on any atom is -0.493 e. The fourth-order valence-electron chi connectivity index (χ4n) is 2.66. The molecule has 1 heterocycles. The van der Waals surface area contributed by atoms with Crippen LogP contribution in [0, 0.1) is 0 Å². The van der Waals surface area contributed by atoms with Gasteiger partial charge in [-0.15, -0.1) is 0 Å². The van der Waals surface area contributed by atoms with Crippen LogP contribution in [0.1, 0.15) is 11.1 Å². The molecule has 0 aromatic heterocycles. The number of hydrogen-bond acceptors (Lipinski definition) is 4. The third-order valence-electron chi connectivity index (χ3n) is 3.96. The molecule has 2 aromatic carbocycles. The highest BCUT2D eigenvalue weighted by Crippen LogP contribution is 2.21. The van der Waals surface area contributed by atoms with Gasteiger partial charge >= 0.3 is 0 Å². The molecule has 1 aliphatic rings. The predicted molar refractivity (Wildman–Crippen MR) is 91.1 cm³/mol. The van der Waals surface area contributed by atoms with E-state index in [1.54, 1.807) is 6.26 Å². The third-order valence-corrected chi connectivity index (χ3v) is 3.96. The molecule has 1 N–H and O–H groups in total. The molecule has 24 heavy (non-hydrogen) atoms. The Morgan fingerprint density at radius 1 is 0.833 bits per heavy atom. The maximum absolute atomic E-state index is 9.57. The molecule has 3 atom stereocenters. The minimum absolute atomic E-state index is 0.116. The van der Waals surface area contributed by atoms with Crippen LogP contribution >= 0.6 is 0 Å². The van der Waals surface area contributed by atoms with Crippen molar-refractivity contribution in [3.05, 3.63) is 84.1 Å². The molecular weight excluding hydrogens is 304 g/mol. The van der Waals surface area contributed by atoms with Gasteiger partial charge in [0.1, 0.15) is 18.3 Å². The van der Waals surface area contributed by atoms with Gasteiger partial charge < -0.3 is 19.3 Å². The summed E-state index contributed by atoms with van der Waals surface area (Å²) in [4.78, 5) is 0. The largest absolute Gasteiger partial charge is 0.493 e. The first-order chi connectivity index (χ1) is 11.9. The van der Waals surface area contributed by atoms with Gasteiger partial charge in [-0.05, 0) is 17.2 Å². The van der Waals surface area contributed by atoms with Gasteiger partial charge in [-0.25, -0.2) is 0 Å². The highest BCUT2D eigenvalue weighted by molar-refractivity contribution is 5.15. The number of benzene rings is 2. The zero-order chi connectivity index (χ0) is 16.6. The molecule has 0 amide bonds. The third kappa shape index (κ3) is 4.45. The van der Waals surface area contributed by atoms with Crippen LogP contribution in [0.2, 0.25) is 0 Å². The first-order valence-electron chi connectivity index (χ1n) is 8.11. The SMILES string of the molecule is OCC1OC=CC(OCc2ccccc2)C1OCc1ccccc1. The van der Waals surface area contributed by atoms with E-state index in [1.807, 2.05) is 66.7 Å². The summed E-state index contributed by atoms with van der Waals surface area (Å²) in [6, 6.07) is 19.9. The van der Waals surface area contributed by atoms with E-state index in [4.69, 9.17) is 14.2 Å². The summed E-state index contributed by atoms with van der Waals surface area (Å²) in [7, 11) is 0. The molecule has 0 aliphatic carbocycles. The van der Waals surface area contributed by atoms with E-state index in [-0.39, 0.29) is 18.8 Å². The first-order valence-corrected chi connectivity index (χ1v) is 8.11. The van der Waals surface area contributed by atoms with Crippen molar-refractivity contribution < 1.29 is 19.3 Å². The van der Waals surface area contributed by atoms with Crippen molar-refractivity contribution in [3.63, 3.8) is 0 Å². The maximum Gasteiger partial charge on any atom is 0.150 e. The molecule has 0 fully saturated rings. The fourth-order valence-corrected chi connectivity index (χ4v) is 2.66. The molecule has 3 rings (SSSR count). The summed E-state index contributed by atoms with van der Waals surface area (Å²) in [6.07, 6.45) is 2.37. The second-order valence-electron chi connectivity index (χ2n) is 5.71. The van der Waals surface area contributed by atoms with Gasteiger partial charge in [0.05, 0.1) is 26.1 Å². The van der Waals surface area contributed by atoms with Crippen molar-refractivity contribution in [3.8, 4) is 0 Å². The summed E-state index contributed by atoms with van der Waals surface area (Å²) in [5, 5.41) is 9.57. The maximum atomic E-state index is 9.57. The molecule has 4 heteroatoms. The summed E-state index contributed by atoms with van der Waals surface area (Å²) in [5.41, 5.74) is 2.17. The van der Waals surface area contributed by atoms with Crippen LogP contribution in [0.25, 0.3) is 0 Å². The fraction of sp³-hybridized carbons (Fsp3) is 0.300. The van der Waals surface area contributed by atoms with Crippen molar-refractivity contribution in [1.82, 2.24) is 0 Å². The van der Waals surface area contributed by atoms with Crippen molar-refractivity contribution in [2.45, 2.75) is 31.5 Å². The van der Waals surface area contributed by atoms with Crippen LogP contribution in [-0.4, -0.2) is 30.0 Å². The Labute approximate surface area is 142 Å². The summed E-state index contributed by atoms with van der Waals surface area (Å²) >= 11 is 0. The lowest BCUT2D eigenvalue weighted by atomic mass is 10.1. The average Bonchev–Trinajstić information content (AvgIpc) is 2.66. The predicted octanol–water partition coefficient (Wildman–Crippen LogP) is 3.06. The van der Waals surface area contributed by atoms with Crippen LogP contribution in [0.15, 0.2) is 73.0 Å². The molecule has 0 radical (unpaired) electrons. The Bertz CT molecular complexity index is 627. The Morgan fingerprint density at radius 3 is 2.00 bits per heavy atom. The second kappa shape index (κ2) is 8.64. The zero-order valence-electron chi connectivity index (χ0n) is 13.5. The van der Waals surface area contributed by atoms with Crippen LogP contribution in [0.4, 0.5) is 0 Å². The zero-order valence-corrected chi connectivity index (χ0v) is 13.5. The van der Waals surface area contributed by atoms with Crippen LogP contribution in [0.3, 0.4) is 0 Å². The van der Waals surface area contributed by atoms with Crippen molar-refractivity contribution in [1.29, 1.82) is 0 Å². The quantitative estimate of drug-likeness (QED) is 0.849. The Morgan fingerprint density at radius 2 is 1.42 bits per heavy atom. The minimum atomic E-state index is -0.431. The van der Waals surface area contributed by atoms with Crippen LogP contribution in [0.5, 0.6) is 0 Å². The first kappa shape index (κ1) is 16.7. The van der Waals surface area contributed by atoms with Gasteiger partial charge in [0.2, 0.25) is 0 Å². The highest BCUT2D eigenvalue weighted by Gasteiger charge is 2.33. The lowest BCUT2D eigenvalue weighted by Gasteiger charge is -2.33. The van der Waals surface area contributed by atoms with E-state index in [0.717, 1.165) is 11.1 Å². The normalized spacial score (nSPS) is 23.0. The molecule has 0 bridgehead atoms. The number of rotatable bonds is 7. The molecule has 126 valence electrons. The highest BCUT2D eigenvalue weighted by atomic mass is 16.6. The molecule has 4 nitrogen and oxygen atoms in total. The second-order valence-corrected chi connectivity index (χ2v) is 5.71. The van der Waals surface area contributed by atoms with Gasteiger partial charge in [0.25, 0.3) is 0 Å². The van der Waals surface area contributed by atoms with E-state index in [1.165, 1.54) is 0 Å². The van der Waals surface area contributed by atoms with Crippen molar-refractivity contribution >= 4 is 0 Å². The lowest BCUT2D eigenvalue weighted by Crippen LogP contribution is -2.45. The number of ether oxygens (including phenoxy) is 3. The Hall–Kier alpha value is -2.14. The monoisotopic (exact) mass is 326 g/mol. The van der Waals surface area contributed by atoms with E-state index >= 15 is 0 Å². The summed E-state index contributed by atoms with van der Waals surface area (Å²) in [6.45, 7) is 0.818. The molecule has 0 saturated heterocycles. The van der Waals surface area contributed by atoms with E-state index in [0.29, 0.717) is 13.2 Å². The summed E-state index contributed by atoms with van der Waals surface area (Å²) in [5.74, 6) is 0. The van der Waals surface area contributed by atoms with E-state index in [2.05, 4.69) is 0 Å². The van der Waals surface area contributed by atoms with Gasteiger partial charge in [0, 0.05) is 0 Å². The number of aliphatic hydroxyl groups is 1. The molecule has 1 aliphatic heterocycles. The van der Waals surface area contributed by atoms with Crippen LogP contribution < -0.4 is 0 Å². The standard InChI is InChI=1S/C20H22O4/c21-13-19-20(24-15-17-9-5-2-6-10-17)18(11-12-22-19)23-14-16-7-3-1-4-8-16/h1-12,18-21H,13-15H2. The van der Waals surface area contributed by atoms with Gasteiger partial charge in [0.15, 0.2) is 0 Å². The molecule has 0 spiro atoms. The van der Waals surface area contributed by atoms with E-state index < -0.39 is 6.10 Å². The smallest absolute Gasteiger partial charge is 0.150 e. The van der Waals surface area contributed by atoms with E-state index in [9.17, 15) is 5.11 Å². The van der Waals surface area contributed by atoms with Crippen molar-refractivity contribution in [2.75, 3.05) is 6.61 Å². The van der Waals surface area contributed by atoms with Gasteiger partial charge in [-0.2, -0.15) is 0 Å². The van der Waals surface area contributed by atoms with Crippen LogP contribution in [-0.2, 0) is 27.4 Å². The summed E-state index contributed by atoms with van der Waals surface area (Å²) < 4.78 is 17.5. The Balaban J connectivity index is 1.63. The lowest BCUT2D eigenvalue weighted by molar-refractivity contribution is -0.140. The molecular formula is C20H22O4. The Kier molecular flexibility index (Phi) is 6.01. The molecule has 2 aromatic rings. The topological polar surface area (TPSA) is 47.9 Å². The van der Waals surface area contributed by atoms with Crippen molar-refractivity contribution in [2.24, 2.45) is 0 Å². The molecule has 0 saturated carbocycles. The molecule has 3 unspecified atom stereocenters. The van der Waals surface area contributed by atoms with Gasteiger partial charge in [-0.1, -0.05) is 60.7 Å². The van der Waals surface area contributed by atoms with Gasteiger partial charge in [-0.3, -0.25) is 0 Å².